The van der Waals surface area contributed by atoms with Crippen molar-refractivity contribution < 1.29 is 4.42 Å². The van der Waals surface area contributed by atoms with Crippen LogP contribution >= 0.6 is 0 Å². The van der Waals surface area contributed by atoms with Gasteiger partial charge in [-0.05, 0) is 126 Å². The monoisotopic (exact) mass is 891 g/mol. The van der Waals surface area contributed by atoms with E-state index in [-0.39, 0.29) is 0 Å². The fourth-order valence-electron chi connectivity index (χ4n) is 10.6. The van der Waals surface area contributed by atoms with E-state index in [1.165, 1.54) is 49.4 Å². The van der Waals surface area contributed by atoms with Crippen LogP contribution < -0.4 is 4.90 Å². The predicted molar refractivity (Wildman–Crippen MR) is 296 cm³/mol. The van der Waals surface area contributed by atoms with Gasteiger partial charge in [0.2, 0.25) is 0 Å². The first-order valence-electron chi connectivity index (χ1n) is 24.0. The first kappa shape index (κ1) is 41.0. The standard InChI is InChI=1S/C68H45NO/c1-5-19-46(20-6-1)52-38-42-64(62(44-52)48-21-7-2-8-22-48)69(55-28-17-27-53(43-55)56-32-18-33-61-59-30-15-16-34-65(59)70-68(56)61)54-39-35-47(36-40-54)51-37-41-58-57-29-13-14-31-60(57)66(49-23-9-3-10-24-49)67(63(58)45-51)50-25-11-4-12-26-50/h1-45H. The SMILES string of the molecule is c1ccc(-c2ccc(N(c3ccc(-c4ccc5c(c4)c(-c4ccccc4)c(-c4ccccc4)c4ccccc45)cc3)c3cccc(-c4cccc5c4oc4ccccc45)c3)c(-c3ccccc3)c2)cc1. The van der Waals surface area contributed by atoms with Crippen molar-refractivity contribution in [3.63, 3.8) is 0 Å². The fraction of sp³-hybridized carbons (Fsp3) is 0. The molecule has 13 rings (SSSR count). The van der Waals surface area contributed by atoms with Crippen molar-refractivity contribution in [1.29, 1.82) is 0 Å². The predicted octanol–water partition coefficient (Wildman–Crippen LogP) is 19.4. The van der Waals surface area contributed by atoms with Crippen LogP contribution in [0, 0.1) is 0 Å². The molecule has 0 saturated carbocycles. The van der Waals surface area contributed by atoms with E-state index in [1.807, 2.05) is 6.07 Å². The number of furan rings is 1. The Morgan fingerprint density at radius 2 is 0.743 bits per heavy atom. The van der Waals surface area contributed by atoms with Gasteiger partial charge in [-0.25, -0.2) is 0 Å². The second-order valence-electron chi connectivity index (χ2n) is 18.0. The third-order valence-corrected chi connectivity index (χ3v) is 13.9. The number of anilines is 3. The van der Waals surface area contributed by atoms with Crippen LogP contribution in [-0.4, -0.2) is 0 Å². The Morgan fingerprint density at radius 3 is 1.46 bits per heavy atom. The molecule has 0 aliphatic rings. The average Bonchev–Trinajstić information content (AvgIpc) is 3.83. The van der Waals surface area contributed by atoms with Crippen molar-refractivity contribution in [2.24, 2.45) is 0 Å². The summed E-state index contributed by atoms with van der Waals surface area (Å²) >= 11 is 0. The third-order valence-electron chi connectivity index (χ3n) is 13.9. The first-order chi connectivity index (χ1) is 34.7. The van der Waals surface area contributed by atoms with Gasteiger partial charge in [-0.15, -0.1) is 0 Å². The maximum absolute atomic E-state index is 6.59. The second-order valence-corrected chi connectivity index (χ2v) is 18.0. The van der Waals surface area contributed by atoms with Crippen molar-refractivity contribution in [1.82, 2.24) is 0 Å². The van der Waals surface area contributed by atoms with Gasteiger partial charge in [0.1, 0.15) is 11.2 Å². The minimum Gasteiger partial charge on any atom is -0.455 e. The number of hydrogen-bond donors (Lipinski definition) is 0. The number of benzene rings is 12. The molecule has 0 N–H and O–H groups in total. The van der Waals surface area contributed by atoms with Crippen LogP contribution in [-0.2, 0) is 0 Å². The summed E-state index contributed by atoms with van der Waals surface area (Å²) < 4.78 is 6.59. The zero-order chi connectivity index (χ0) is 46.4. The van der Waals surface area contributed by atoms with E-state index in [1.54, 1.807) is 0 Å². The van der Waals surface area contributed by atoms with E-state index in [0.29, 0.717) is 0 Å². The van der Waals surface area contributed by atoms with Crippen LogP contribution in [0.4, 0.5) is 17.1 Å². The maximum atomic E-state index is 6.59. The summed E-state index contributed by atoms with van der Waals surface area (Å²) in [6.07, 6.45) is 0. The molecule has 0 unspecified atom stereocenters. The lowest BCUT2D eigenvalue weighted by atomic mass is 9.84. The van der Waals surface area contributed by atoms with Crippen molar-refractivity contribution in [2.75, 3.05) is 4.90 Å². The molecule has 0 aliphatic heterocycles. The number of para-hydroxylation sites is 2. The zero-order valence-electron chi connectivity index (χ0n) is 38.3. The van der Waals surface area contributed by atoms with Crippen molar-refractivity contribution in [2.45, 2.75) is 0 Å². The minimum atomic E-state index is 0.890. The number of rotatable bonds is 9. The second kappa shape index (κ2) is 17.4. The topological polar surface area (TPSA) is 16.4 Å². The molecule has 0 saturated heterocycles. The summed E-state index contributed by atoms with van der Waals surface area (Å²) in [7, 11) is 0. The largest absolute Gasteiger partial charge is 0.455 e. The van der Waals surface area contributed by atoms with Gasteiger partial charge in [-0.1, -0.05) is 224 Å². The molecule has 2 heteroatoms. The highest BCUT2D eigenvalue weighted by Crippen LogP contribution is 2.48. The van der Waals surface area contributed by atoms with E-state index in [2.05, 4.69) is 272 Å². The van der Waals surface area contributed by atoms with Crippen molar-refractivity contribution >= 4 is 60.5 Å². The molecule has 1 aromatic heterocycles. The van der Waals surface area contributed by atoms with E-state index in [4.69, 9.17) is 4.42 Å². The highest BCUT2D eigenvalue weighted by atomic mass is 16.3. The Bertz CT molecular complexity index is 4030. The van der Waals surface area contributed by atoms with Gasteiger partial charge in [-0.3, -0.25) is 0 Å². The summed E-state index contributed by atoms with van der Waals surface area (Å²) in [4.78, 5) is 2.41. The molecule has 0 fully saturated rings. The Labute approximate surface area is 407 Å². The van der Waals surface area contributed by atoms with Crippen LogP contribution in [0.5, 0.6) is 0 Å². The Hall–Kier alpha value is -9.24. The summed E-state index contributed by atoms with van der Waals surface area (Å²) in [6, 6.07) is 98.7. The highest BCUT2D eigenvalue weighted by molar-refractivity contribution is 6.22. The quantitative estimate of drug-likeness (QED) is 0.134. The van der Waals surface area contributed by atoms with E-state index in [0.717, 1.165) is 77.9 Å². The summed E-state index contributed by atoms with van der Waals surface area (Å²) in [6.45, 7) is 0. The van der Waals surface area contributed by atoms with Crippen LogP contribution in [0.15, 0.2) is 277 Å². The number of hydrogen-bond acceptors (Lipinski definition) is 2. The first-order valence-corrected chi connectivity index (χ1v) is 24.0. The Balaban J connectivity index is 0.993. The lowest BCUT2D eigenvalue weighted by Gasteiger charge is -2.29. The zero-order valence-corrected chi connectivity index (χ0v) is 38.3. The fourth-order valence-corrected chi connectivity index (χ4v) is 10.6. The van der Waals surface area contributed by atoms with Crippen LogP contribution in [0.1, 0.15) is 0 Å². The number of fused-ring (bicyclic) bond motifs is 6. The van der Waals surface area contributed by atoms with Gasteiger partial charge in [0.05, 0.1) is 5.69 Å². The Morgan fingerprint density at radius 1 is 0.243 bits per heavy atom. The van der Waals surface area contributed by atoms with Gasteiger partial charge < -0.3 is 9.32 Å². The summed E-state index contributed by atoms with van der Waals surface area (Å²) in [5.41, 5.74) is 18.9. The Kier molecular flexibility index (Phi) is 10.2. The van der Waals surface area contributed by atoms with Gasteiger partial charge in [0, 0.05) is 33.3 Å². The van der Waals surface area contributed by atoms with Crippen LogP contribution in [0.3, 0.4) is 0 Å². The molecule has 0 spiro atoms. The van der Waals surface area contributed by atoms with Crippen molar-refractivity contribution in [3.8, 4) is 66.8 Å². The lowest BCUT2D eigenvalue weighted by molar-refractivity contribution is 0.670. The van der Waals surface area contributed by atoms with Crippen LogP contribution in [0.25, 0.3) is 110 Å². The molecule has 12 aromatic carbocycles. The normalized spacial score (nSPS) is 11.4. The molecule has 70 heavy (non-hydrogen) atoms. The van der Waals surface area contributed by atoms with Gasteiger partial charge in [-0.2, -0.15) is 0 Å². The third kappa shape index (κ3) is 7.22. The lowest BCUT2D eigenvalue weighted by Crippen LogP contribution is -2.11. The molecule has 13 aromatic rings. The molecule has 2 nitrogen and oxygen atoms in total. The molecule has 328 valence electrons. The molecule has 0 aliphatic carbocycles. The molecule has 0 atom stereocenters. The maximum Gasteiger partial charge on any atom is 0.143 e. The molecule has 0 amide bonds. The minimum absolute atomic E-state index is 0.890. The molecular formula is C68H45NO. The highest BCUT2D eigenvalue weighted by Gasteiger charge is 2.22. The van der Waals surface area contributed by atoms with Crippen LogP contribution in [0.2, 0.25) is 0 Å². The number of nitrogens with zero attached hydrogens (tertiary/aromatic N) is 1. The smallest absolute Gasteiger partial charge is 0.143 e. The summed E-state index contributed by atoms with van der Waals surface area (Å²) in [5, 5.41) is 7.21. The van der Waals surface area contributed by atoms with Crippen molar-refractivity contribution in [3.05, 3.63) is 273 Å². The van der Waals surface area contributed by atoms with Gasteiger partial charge in [0.25, 0.3) is 0 Å². The average molecular weight is 892 g/mol. The molecular weight excluding hydrogens is 847 g/mol. The molecule has 0 radical (unpaired) electrons. The van der Waals surface area contributed by atoms with Gasteiger partial charge in [0.15, 0.2) is 0 Å². The van der Waals surface area contributed by atoms with E-state index >= 15 is 0 Å². The van der Waals surface area contributed by atoms with E-state index < -0.39 is 0 Å². The molecule has 0 bridgehead atoms. The van der Waals surface area contributed by atoms with E-state index in [9.17, 15) is 0 Å². The summed E-state index contributed by atoms with van der Waals surface area (Å²) in [5.74, 6) is 0. The van der Waals surface area contributed by atoms with Gasteiger partial charge >= 0.3 is 0 Å². The molecule has 1 heterocycles.